The predicted molar refractivity (Wildman–Crippen MR) is 97.2 cm³/mol. The highest BCUT2D eigenvalue weighted by atomic mass is 16.5. The number of furan rings is 1. The fraction of sp³-hybridized carbons (Fsp3) is 0.100. The van der Waals surface area contributed by atoms with Crippen molar-refractivity contribution >= 4 is 17.6 Å². The molecule has 1 amide bonds. The molecule has 0 aliphatic heterocycles. The molecule has 0 saturated carbocycles. The summed E-state index contributed by atoms with van der Waals surface area (Å²) in [6, 6.07) is 14.5. The number of phenols is 1. The van der Waals surface area contributed by atoms with Gasteiger partial charge < -0.3 is 24.7 Å². The van der Waals surface area contributed by atoms with E-state index >= 15 is 0 Å². The summed E-state index contributed by atoms with van der Waals surface area (Å²) in [6.07, 6.45) is 0. The molecule has 3 aromatic rings. The lowest BCUT2D eigenvalue weighted by Crippen LogP contribution is -2.11. The third-order valence-corrected chi connectivity index (χ3v) is 3.74. The van der Waals surface area contributed by atoms with E-state index in [1.54, 1.807) is 6.07 Å². The van der Waals surface area contributed by atoms with Crippen LogP contribution in [0, 0.1) is 6.92 Å². The van der Waals surface area contributed by atoms with Crippen LogP contribution >= 0.6 is 0 Å². The zero-order valence-corrected chi connectivity index (χ0v) is 14.4. The summed E-state index contributed by atoms with van der Waals surface area (Å²) >= 11 is 0. The van der Waals surface area contributed by atoms with Crippen molar-refractivity contribution < 1.29 is 29.0 Å². The number of amides is 1. The quantitative estimate of drug-likeness (QED) is 0.572. The van der Waals surface area contributed by atoms with Gasteiger partial charge in [-0.05, 0) is 55.0 Å². The second-order valence-electron chi connectivity index (χ2n) is 5.86. The van der Waals surface area contributed by atoms with Crippen molar-refractivity contribution in [1.29, 1.82) is 0 Å². The van der Waals surface area contributed by atoms with E-state index in [1.807, 2.05) is 31.2 Å². The molecule has 27 heavy (non-hydrogen) atoms. The summed E-state index contributed by atoms with van der Waals surface area (Å²) in [4.78, 5) is 23.3. The molecule has 2 aromatic carbocycles. The third kappa shape index (κ3) is 4.46. The van der Waals surface area contributed by atoms with Crippen LogP contribution in [0.2, 0.25) is 0 Å². The van der Waals surface area contributed by atoms with Crippen LogP contribution in [0.5, 0.6) is 11.5 Å². The molecule has 7 heteroatoms. The number of carboxylic acids is 1. The first-order chi connectivity index (χ1) is 12.9. The number of hydrogen-bond acceptors (Lipinski definition) is 5. The number of nitrogens with one attached hydrogen (secondary N) is 1. The molecule has 0 radical (unpaired) electrons. The number of anilines is 1. The number of benzene rings is 2. The Kier molecular flexibility index (Phi) is 5.12. The maximum atomic E-state index is 12.3. The van der Waals surface area contributed by atoms with Crippen molar-refractivity contribution in [3.8, 4) is 11.5 Å². The van der Waals surface area contributed by atoms with Crippen LogP contribution in [0.25, 0.3) is 0 Å². The number of ether oxygens (including phenoxy) is 1. The van der Waals surface area contributed by atoms with Gasteiger partial charge in [-0.3, -0.25) is 4.79 Å². The van der Waals surface area contributed by atoms with Crippen molar-refractivity contribution in [3.05, 3.63) is 77.2 Å². The van der Waals surface area contributed by atoms with Gasteiger partial charge in [-0.15, -0.1) is 0 Å². The highest BCUT2D eigenvalue weighted by Gasteiger charge is 2.15. The molecule has 1 heterocycles. The van der Waals surface area contributed by atoms with Crippen molar-refractivity contribution in [2.24, 2.45) is 0 Å². The molecule has 0 saturated heterocycles. The summed E-state index contributed by atoms with van der Waals surface area (Å²) in [5.74, 6) is -0.992. The van der Waals surface area contributed by atoms with E-state index in [9.17, 15) is 14.7 Å². The van der Waals surface area contributed by atoms with Crippen molar-refractivity contribution in [3.63, 3.8) is 0 Å². The van der Waals surface area contributed by atoms with Gasteiger partial charge in [0.15, 0.2) is 5.76 Å². The average molecular weight is 367 g/mol. The Morgan fingerprint density at radius 2 is 1.93 bits per heavy atom. The maximum Gasteiger partial charge on any atom is 0.339 e. The number of hydrogen-bond donors (Lipinski definition) is 3. The Balaban J connectivity index is 1.65. The third-order valence-electron chi connectivity index (χ3n) is 3.74. The van der Waals surface area contributed by atoms with Gasteiger partial charge in [0, 0.05) is 5.69 Å². The summed E-state index contributed by atoms with van der Waals surface area (Å²) in [5, 5.41) is 21.0. The summed E-state index contributed by atoms with van der Waals surface area (Å²) in [7, 11) is 0. The molecule has 0 spiro atoms. The number of aromatic hydroxyl groups is 1. The average Bonchev–Trinajstić information content (AvgIpc) is 3.10. The van der Waals surface area contributed by atoms with Crippen LogP contribution < -0.4 is 10.1 Å². The Labute approximate surface area is 154 Å². The molecular weight excluding hydrogens is 350 g/mol. The molecule has 0 aliphatic carbocycles. The number of carbonyl (C=O) groups is 2. The first-order valence-corrected chi connectivity index (χ1v) is 8.08. The highest BCUT2D eigenvalue weighted by molar-refractivity contribution is 6.03. The predicted octanol–water partition coefficient (Wildman–Crippen LogP) is 3.82. The Morgan fingerprint density at radius 1 is 1.11 bits per heavy atom. The van der Waals surface area contributed by atoms with Crippen LogP contribution in [0.15, 0.2) is 59.0 Å². The Morgan fingerprint density at radius 3 is 2.67 bits per heavy atom. The molecule has 0 unspecified atom stereocenters. The number of rotatable bonds is 6. The largest absolute Gasteiger partial charge is 0.507 e. The summed E-state index contributed by atoms with van der Waals surface area (Å²) in [5.41, 5.74) is 0.991. The molecule has 0 atom stereocenters. The van der Waals surface area contributed by atoms with Crippen LogP contribution in [-0.2, 0) is 6.61 Å². The van der Waals surface area contributed by atoms with Crippen LogP contribution in [0.4, 0.5) is 5.69 Å². The van der Waals surface area contributed by atoms with Gasteiger partial charge in [0.2, 0.25) is 0 Å². The van der Waals surface area contributed by atoms with Crippen LogP contribution in [-0.4, -0.2) is 22.1 Å². The van der Waals surface area contributed by atoms with Crippen molar-refractivity contribution in [2.75, 3.05) is 5.32 Å². The van der Waals surface area contributed by atoms with Crippen molar-refractivity contribution in [2.45, 2.75) is 13.5 Å². The molecule has 0 aliphatic rings. The molecule has 1 aromatic heterocycles. The standard InChI is InChI=1S/C20H17NO6/c1-12-3-2-4-14(9-12)26-11-15-6-8-18(27-15)19(23)21-13-5-7-17(22)16(10-13)20(24)25/h2-10,22H,11H2,1H3,(H,21,23)(H,24,25). The van der Waals surface area contributed by atoms with E-state index < -0.39 is 11.9 Å². The number of aryl methyl sites for hydroxylation is 1. The molecule has 7 nitrogen and oxygen atoms in total. The first-order valence-electron chi connectivity index (χ1n) is 8.08. The normalized spacial score (nSPS) is 10.4. The Bertz CT molecular complexity index is 992. The molecule has 138 valence electrons. The molecule has 0 fully saturated rings. The second-order valence-corrected chi connectivity index (χ2v) is 5.86. The zero-order valence-electron chi connectivity index (χ0n) is 14.4. The molecule has 3 rings (SSSR count). The summed E-state index contributed by atoms with van der Waals surface area (Å²) in [6.45, 7) is 2.13. The fourth-order valence-electron chi connectivity index (χ4n) is 2.41. The Hall–Kier alpha value is -3.74. The second kappa shape index (κ2) is 7.65. The number of aromatic carboxylic acids is 1. The van der Waals surface area contributed by atoms with Gasteiger partial charge in [0.05, 0.1) is 0 Å². The van der Waals surface area contributed by atoms with Gasteiger partial charge >= 0.3 is 5.97 Å². The van der Waals surface area contributed by atoms with E-state index in [0.29, 0.717) is 11.5 Å². The van der Waals surface area contributed by atoms with Gasteiger partial charge in [0.25, 0.3) is 5.91 Å². The van der Waals surface area contributed by atoms with Gasteiger partial charge in [-0.25, -0.2) is 4.79 Å². The van der Waals surface area contributed by atoms with Crippen LogP contribution in [0.3, 0.4) is 0 Å². The van der Waals surface area contributed by atoms with E-state index in [0.717, 1.165) is 5.56 Å². The molecule has 3 N–H and O–H groups in total. The molecular formula is C20H17NO6. The monoisotopic (exact) mass is 367 g/mol. The zero-order chi connectivity index (χ0) is 19.4. The summed E-state index contributed by atoms with van der Waals surface area (Å²) < 4.78 is 11.1. The topological polar surface area (TPSA) is 109 Å². The van der Waals surface area contributed by atoms with E-state index in [4.69, 9.17) is 14.3 Å². The minimum Gasteiger partial charge on any atom is -0.507 e. The highest BCUT2D eigenvalue weighted by Crippen LogP contribution is 2.22. The lowest BCUT2D eigenvalue weighted by atomic mass is 10.2. The first kappa shape index (κ1) is 18.1. The lowest BCUT2D eigenvalue weighted by Gasteiger charge is -2.06. The van der Waals surface area contributed by atoms with E-state index in [-0.39, 0.29) is 29.4 Å². The van der Waals surface area contributed by atoms with Gasteiger partial charge in [-0.1, -0.05) is 12.1 Å². The SMILES string of the molecule is Cc1cccc(OCc2ccc(C(=O)Nc3ccc(O)c(C(=O)O)c3)o2)c1. The smallest absolute Gasteiger partial charge is 0.339 e. The fourth-order valence-corrected chi connectivity index (χ4v) is 2.41. The van der Waals surface area contributed by atoms with Crippen LogP contribution in [0.1, 0.15) is 32.2 Å². The number of carboxylic acid groups (broad SMARTS) is 1. The maximum absolute atomic E-state index is 12.3. The van der Waals surface area contributed by atoms with E-state index in [1.165, 1.54) is 24.3 Å². The molecule has 0 bridgehead atoms. The minimum atomic E-state index is -1.29. The van der Waals surface area contributed by atoms with Gasteiger partial charge in [-0.2, -0.15) is 0 Å². The lowest BCUT2D eigenvalue weighted by molar-refractivity contribution is 0.0693. The van der Waals surface area contributed by atoms with E-state index in [2.05, 4.69) is 5.32 Å². The number of carbonyl (C=O) groups excluding carboxylic acids is 1. The van der Waals surface area contributed by atoms with Crippen molar-refractivity contribution in [1.82, 2.24) is 0 Å². The van der Waals surface area contributed by atoms with Gasteiger partial charge in [0.1, 0.15) is 29.4 Å². The minimum absolute atomic E-state index is 0.0581.